The van der Waals surface area contributed by atoms with E-state index < -0.39 is 11.9 Å². The quantitative estimate of drug-likeness (QED) is 0.922. The Kier molecular flexibility index (Phi) is 4.47. The molecule has 21 heavy (non-hydrogen) atoms. The number of aliphatic carboxylic acids is 1. The van der Waals surface area contributed by atoms with Crippen molar-refractivity contribution in [2.24, 2.45) is 0 Å². The molecule has 0 saturated carbocycles. The average Bonchev–Trinajstić information content (AvgIpc) is 2.85. The maximum Gasteiger partial charge on any atom is 0.311 e. The topological polar surface area (TPSA) is 50.2 Å². The lowest BCUT2D eigenvalue weighted by Crippen LogP contribution is -2.16. The number of carboxylic acids is 1. The Morgan fingerprint density at radius 1 is 1.33 bits per heavy atom. The van der Waals surface area contributed by atoms with E-state index in [2.05, 4.69) is 25.8 Å². The van der Waals surface area contributed by atoms with Crippen molar-refractivity contribution in [3.05, 3.63) is 51.5 Å². The normalized spacial score (nSPS) is 13.1. The number of carbonyl (C=O) groups is 1. The van der Waals surface area contributed by atoms with E-state index >= 15 is 0 Å². The third kappa shape index (κ3) is 3.70. The SMILES string of the molecule is Cc1ccccc1C(Cc1nc(C(C)(C)C)cs1)C(=O)O. The molecule has 0 radical (unpaired) electrons. The molecule has 4 heteroatoms. The summed E-state index contributed by atoms with van der Waals surface area (Å²) in [5.41, 5.74) is 2.90. The van der Waals surface area contributed by atoms with E-state index in [0.29, 0.717) is 6.42 Å². The second-order valence-electron chi connectivity index (χ2n) is 6.33. The van der Waals surface area contributed by atoms with Crippen LogP contribution in [0.15, 0.2) is 29.6 Å². The van der Waals surface area contributed by atoms with Gasteiger partial charge in [0.15, 0.2) is 0 Å². The number of benzene rings is 1. The van der Waals surface area contributed by atoms with Crippen LogP contribution < -0.4 is 0 Å². The summed E-state index contributed by atoms with van der Waals surface area (Å²) >= 11 is 1.55. The Labute approximate surface area is 129 Å². The molecule has 0 saturated heterocycles. The van der Waals surface area contributed by atoms with Gasteiger partial charge < -0.3 is 5.11 Å². The van der Waals surface area contributed by atoms with Crippen molar-refractivity contribution >= 4 is 17.3 Å². The summed E-state index contributed by atoms with van der Waals surface area (Å²) in [5, 5.41) is 12.5. The van der Waals surface area contributed by atoms with Gasteiger partial charge in [-0.1, -0.05) is 45.0 Å². The van der Waals surface area contributed by atoms with Gasteiger partial charge in [0.1, 0.15) is 0 Å². The third-order valence-electron chi connectivity index (χ3n) is 3.56. The molecule has 0 amide bonds. The van der Waals surface area contributed by atoms with Gasteiger partial charge >= 0.3 is 5.97 Å². The lowest BCUT2D eigenvalue weighted by Gasteiger charge is -2.15. The molecule has 112 valence electrons. The molecule has 0 spiro atoms. The molecule has 1 unspecified atom stereocenters. The first-order chi connectivity index (χ1) is 9.79. The van der Waals surface area contributed by atoms with Crippen molar-refractivity contribution < 1.29 is 9.90 Å². The minimum atomic E-state index is -0.795. The average molecular weight is 303 g/mol. The van der Waals surface area contributed by atoms with E-state index in [1.165, 1.54) is 0 Å². The van der Waals surface area contributed by atoms with Crippen LogP contribution in [0.25, 0.3) is 0 Å². The molecule has 1 atom stereocenters. The van der Waals surface area contributed by atoms with Crippen molar-refractivity contribution in [1.82, 2.24) is 4.98 Å². The molecule has 1 aromatic carbocycles. The van der Waals surface area contributed by atoms with Gasteiger partial charge in [0.05, 0.1) is 16.6 Å². The highest BCUT2D eigenvalue weighted by atomic mass is 32.1. The zero-order chi connectivity index (χ0) is 15.6. The minimum Gasteiger partial charge on any atom is -0.481 e. The van der Waals surface area contributed by atoms with E-state index in [0.717, 1.165) is 21.8 Å². The van der Waals surface area contributed by atoms with Crippen LogP contribution in [-0.4, -0.2) is 16.1 Å². The molecule has 0 aliphatic rings. The highest BCUT2D eigenvalue weighted by Crippen LogP contribution is 2.29. The molecule has 0 bridgehead atoms. The molecule has 0 aliphatic carbocycles. The summed E-state index contributed by atoms with van der Waals surface area (Å²) in [5.74, 6) is -1.33. The standard InChI is InChI=1S/C17H21NO2S/c1-11-7-5-6-8-12(11)13(16(19)20)9-15-18-14(10-21-15)17(2,3)4/h5-8,10,13H,9H2,1-4H3,(H,19,20). The van der Waals surface area contributed by atoms with E-state index in [9.17, 15) is 9.90 Å². The van der Waals surface area contributed by atoms with Crippen LogP contribution in [0.3, 0.4) is 0 Å². The highest BCUT2D eigenvalue weighted by Gasteiger charge is 2.24. The first-order valence-electron chi connectivity index (χ1n) is 7.02. The van der Waals surface area contributed by atoms with Crippen LogP contribution in [0.4, 0.5) is 0 Å². The van der Waals surface area contributed by atoms with Gasteiger partial charge in [-0.05, 0) is 18.1 Å². The molecule has 0 fully saturated rings. The van der Waals surface area contributed by atoms with Crippen molar-refractivity contribution in [1.29, 1.82) is 0 Å². The summed E-state index contributed by atoms with van der Waals surface area (Å²) in [6.45, 7) is 8.29. The second-order valence-corrected chi connectivity index (χ2v) is 7.27. The van der Waals surface area contributed by atoms with Crippen molar-refractivity contribution in [3.63, 3.8) is 0 Å². The molecule has 1 heterocycles. The number of thiazole rings is 1. The smallest absolute Gasteiger partial charge is 0.311 e. The van der Waals surface area contributed by atoms with Crippen molar-refractivity contribution in [3.8, 4) is 0 Å². The fraction of sp³-hybridized carbons (Fsp3) is 0.412. The number of rotatable bonds is 4. The number of hydrogen-bond donors (Lipinski definition) is 1. The minimum absolute atomic E-state index is 0.00384. The summed E-state index contributed by atoms with van der Waals surface area (Å²) in [6, 6.07) is 7.67. The molecule has 2 aromatic rings. The first kappa shape index (κ1) is 15.7. The monoisotopic (exact) mass is 303 g/mol. The van der Waals surface area contributed by atoms with Crippen LogP contribution in [0.1, 0.15) is 48.5 Å². The lowest BCUT2D eigenvalue weighted by atomic mass is 9.92. The molecule has 1 N–H and O–H groups in total. The third-order valence-corrected chi connectivity index (χ3v) is 4.43. The summed E-state index contributed by atoms with van der Waals surface area (Å²) in [6.07, 6.45) is 0.445. The Morgan fingerprint density at radius 2 is 2.00 bits per heavy atom. The van der Waals surface area contributed by atoms with Gasteiger partial charge in [-0.15, -0.1) is 11.3 Å². The Balaban J connectivity index is 2.28. The van der Waals surface area contributed by atoms with Crippen LogP contribution >= 0.6 is 11.3 Å². The van der Waals surface area contributed by atoms with Crippen molar-refractivity contribution in [2.75, 3.05) is 0 Å². The van der Waals surface area contributed by atoms with Gasteiger partial charge in [-0.2, -0.15) is 0 Å². The number of aryl methyl sites for hydroxylation is 1. The van der Waals surface area contributed by atoms with Crippen molar-refractivity contribution in [2.45, 2.75) is 45.4 Å². The second kappa shape index (κ2) is 5.98. The predicted octanol–water partition coefficient (Wildman–Crippen LogP) is 4.16. The highest BCUT2D eigenvalue weighted by molar-refractivity contribution is 7.09. The number of hydrogen-bond acceptors (Lipinski definition) is 3. The lowest BCUT2D eigenvalue weighted by molar-refractivity contribution is -0.138. The molecule has 3 nitrogen and oxygen atoms in total. The zero-order valence-electron chi connectivity index (χ0n) is 12.9. The van der Waals surface area contributed by atoms with Gasteiger partial charge in [0.2, 0.25) is 0 Å². The number of aromatic nitrogens is 1. The predicted molar refractivity (Wildman–Crippen MR) is 86.1 cm³/mol. The largest absolute Gasteiger partial charge is 0.481 e. The number of nitrogens with zero attached hydrogens (tertiary/aromatic N) is 1. The zero-order valence-corrected chi connectivity index (χ0v) is 13.7. The number of carboxylic acid groups (broad SMARTS) is 1. The van der Waals surface area contributed by atoms with E-state index in [1.54, 1.807) is 11.3 Å². The summed E-state index contributed by atoms with van der Waals surface area (Å²) in [4.78, 5) is 16.3. The van der Waals surface area contributed by atoms with Crippen LogP contribution in [0.5, 0.6) is 0 Å². The molecule has 2 rings (SSSR count). The fourth-order valence-electron chi connectivity index (χ4n) is 2.23. The van der Waals surface area contributed by atoms with Gasteiger partial charge in [0.25, 0.3) is 0 Å². The molecular weight excluding hydrogens is 282 g/mol. The van der Waals surface area contributed by atoms with Gasteiger partial charge in [0, 0.05) is 17.2 Å². The Hall–Kier alpha value is -1.68. The maximum absolute atomic E-state index is 11.6. The van der Waals surface area contributed by atoms with Gasteiger partial charge in [-0.3, -0.25) is 4.79 Å². The van der Waals surface area contributed by atoms with E-state index in [4.69, 9.17) is 0 Å². The summed E-state index contributed by atoms with van der Waals surface area (Å²) in [7, 11) is 0. The summed E-state index contributed by atoms with van der Waals surface area (Å²) < 4.78 is 0. The molecule has 0 aliphatic heterocycles. The van der Waals surface area contributed by atoms with Crippen LogP contribution in [0, 0.1) is 6.92 Å². The maximum atomic E-state index is 11.6. The van der Waals surface area contributed by atoms with E-state index in [1.807, 2.05) is 36.6 Å². The Morgan fingerprint density at radius 3 is 2.52 bits per heavy atom. The van der Waals surface area contributed by atoms with Crippen LogP contribution in [-0.2, 0) is 16.6 Å². The van der Waals surface area contributed by atoms with Crippen LogP contribution in [0.2, 0.25) is 0 Å². The van der Waals surface area contributed by atoms with Gasteiger partial charge in [-0.25, -0.2) is 4.98 Å². The molecular formula is C17H21NO2S. The van der Waals surface area contributed by atoms with E-state index in [-0.39, 0.29) is 5.41 Å². The molecule has 1 aromatic heterocycles. The fourth-order valence-corrected chi connectivity index (χ4v) is 3.30. The Bertz CT molecular complexity index is 640. The first-order valence-corrected chi connectivity index (χ1v) is 7.90.